The van der Waals surface area contributed by atoms with Crippen molar-refractivity contribution in [2.45, 2.75) is 52.0 Å². The number of hydrogen-bond acceptors (Lipinski definition) is 2. The van der Waals surface area contributed by atoms with E-state index in [9.17, 15) is 4.79 Å². The van der Waals surface area contributed by atoms with E-state index in [-0.39, 0.29) is 11.9 Å². The molecule has 2 rings (SSSR count). The molecular weight excluding hydrogens is 226 g/mol. The molecule has 4 heteroatoms. The lowest BCUT2D eigenvalue weighted by Crippen LogP contribution is -2.29. The van der Waals surface area contributed by atoms with Crippen molar-refractivity contribution in [3.63, 3.8) is 0 Å². The molecule has 0 bridgehead atoms. The molecule has 1 fully saturated rings. The zero-order valence-electron chi connectivity index (χ0n) is 11.7. The fourth-order valence-electron chi connectivity index (χ4n) is 2.90. The van der Waals surface area contributed by atoms with Crippen LogP contribution >= 0.6 is 0 Å². The van der Waals surface area contributed by atoms with Gasteiger partial charge in [0, 0.05) is 31.6 Å². The quantitative estimate of drug-likeness (QED) is 0.887. The van der Waals surface area contributed by atoms with Gasteiger partial charge in [-0.2, -0.15) is 5.10 Å². The van der Waals surface area contributed by atoms with E-state index >= 15 is 0 Å². The molecule has 1 aliphatic heterocycles. The van der Waals surface area contributed by atoms with E-state index in [0.717, 1.165) is 18.5 Å². The molecular formula is C14H23N3O. The summed E-state index contributed by atoms with van der Waals surface area (Å²) >= 11 is 0. The van der Waals surface area contributed by atoms with E-state index in [1.807, 2.05) is 11.7 Å². The lowest BCUT2D eigenvalue weighted by atomic mass is 9.87. The minimum absolute atomic E-state index is 0.177. The molecule has 1 amide bonds. The highest BCUT2D eigenvalue weighted by molar-refractivity contribution is 5.80. The van der Waals surface area contributed by atoms with Crippen molar-refractivity contribution in [1.82, 2.24) is 15.1 Å². The lowest BCUT2D eigenvalue weighted by Gasteiger charge is -2.20. The molecule has 18 heavy (non-hydrogen) atoms. The molecule has 0 aliphatic carbocycles. The molecule has 2 atom stereocenters. The van der Waals surface area contributed by atoms with Crippen LogP contribution in [0.4, 0.5) is 0 Å². The Kier molecular flexibility index (Phi) is 3.73. The van der Waals surface area contributed by atoms with Gasteiger partial charge in [-0.15, -0.1) is 0 Å². The first kappa shape index (κ1) is 13.1. The fraction of sp³-hybridized carbons (Fsp3) is 0.714. The molecule has 1 aromatic heterocycles. The van der Waals surface area contributed by atoms with Crippen LogP contribution in [0.5, 0.6) is 0 Å². The molecule has 4 nitrogen and oxygen atoms in total. The Balaban J connectivity index is 2.26. The largest absolute Gasteiger partial charge is 0.353 e. The lowest BCUT2D eigenvalue weighted by molar-refractivity contribution is -0.119. The van der Waals surface area contributed by atoms with Crippen molar-refractivity contribution in [3.05, 3.63) is 17.5 Å². The minimum atomic E-state index is 0.177. The highest BCUT2D eigenvalue weighted by Crippen LogP contribution is 2.33. The third-order valence-electron chi connectivity index (χ3n) is 3.63. The second-order valence-electron chi connectivity index (χ2n) is 5.67. The maximum Gasteiger partial charge on any atom is 0.220 e. The van der Waals surface area contributed by atoms with Crippen LogP contribution in [0, 0.1) is 5.92 Å². The van der Waals surface area contributed by atoms with Gasteiger partial charge >= 0.3 is 0 Å². The monoisotopic (exact) mass is 249 g/mol. The van der Waals surface area contributed by atoms with E-state index < -0.39 is 0 Å². The summed E-state index contributed by atoms with van der Waals surface area (Å²) in [5, 5.41) is 7.61. The van der Waals surface area contributed by atoms with Gasteiger partial charge in [0.2, 0.25) is 5.91 Å². The summed E-state index contributed by atoms with van der Waals surface area (Å²) in [6.45, 7) is 6.52. The van der Waals surface area contributed by atoms with Crippen molar-refractivity contribution >= 4 is 5.91 Å². The highest BCUT2D eigenvalue weighted by atomic mass is 16.2. The summed E-state index contributed by atoms with van der Waals surface area (Å²) in [6.07, 6.45) is 4.65. The summed E-state index contributed by atoms with van der Waals surface area (Å²) < 4.78 is 1.86. The Labute approximate surface area is 109 Å². The van der Waals surface area contributed by atoms with Gasteiger partial charge in [0.25, 0.3) is 0 Å². The van der Waals surface area contributed by atoms with Gasteiger partial charge in [0.1, 0.15) is 0 Å². The number of nitrogens with one attached hydrogen (secondary N) is 1. The first-order chi connectivity index (χ1) is 8.51. The first-order valence-corrected chi connectivity index (χ1v) is 6.83. The van der Waals surface area contributed by atoms with Crippen LogP contribution in [0.15, 0.2) is 6.20 Å². The molecule has 0 spiro atoms. The van der Waals surface area contributed by atoms with E-state index in [2.05, 4.69) is 37.4 Å². The van der Waals surface area contributed by atoms with Crippen molar-refractivity contribution in [1.29, 1.82) is 0 Å². The van der Waals surface area contributed by atoms with Crippen LogP contribution in [-0.2, 0) is 18.3 Å². The van der Waals surface area contributed by atoms with Crippen LogP contribution in [0.2, 0.25) is 0 Å². The Bertz CT molecular complexity index is 436. The predicted octanol–water partition coefficient (Wildman–Crippen LogP) is 2.00. The third-order valence-corrected chi connectivity index (χ3v) is 3.63. The van der Waals surface area contributed by atoms with Crippen molar-refractivity contribution in [2.24, 2.45) is 13.0 Å². The van der Waals surface area contributed by atoms with Gasteiger partial charge in [-0.3, -0.25) is 9.48 Å². The molecule has 0 aromatic carbocycles. The smallest absolute Gasteiger partial charge is 0.220 e. The average molecular weight is 249 g/mol. The average Bonchev–Trinajstić information content (AvgIpc) is 2.80. The van der Waals surface area contributed by atoms with Crippen molar-refractivity contribution < 1.29 is 4.79 Å². The molecule has 1 aliphatic rings. The van der Waals surface area contributed by atoms with Crippen LogP contribution in [-0.4, -0.2) is 21.7 Å². The molecule has 100 valence electrons. The second kappa shape index (κ2) is 5.12. The second-order valence-corrected chi connectivity index (χ2v) is 5.67. The molecule has 0 saturated carbocycles. The van der Waals surface area contributed by atoms with E-state index in [1.165, 1.54) is 5.56 Å². The summed E-state index contributed by atoms with van der Waals surface area (Å²) in [6, 6.07) is 0.270. The predicted molar refractivity (Wildman–Crippen MR) is 71.3 cm³/mol. The number of aryl methyl sites for hydroxylation is 2. The van der Waals surface area contributed by atoms with Crippen LogP contribution in [0.1, 0.15) is 50.8 Å². The maximum atomic E-state index is 11.7. The molecule has 0 radical (unpaired) electrons. The number of nitrogens with zero attached hydrogens (tertiary/aromatic N) is 2. The number of rotatable bonds is 4. The van der Waals surface area contributed by atoms with Crippen LogP contribution in [0.3, 0.4) is 0 Å². The topological polar surface area (TPSA) is 46.9 Å². The fourth-order valence-corrected chi connectivity index (χ4v) is 2.90. The molecule has 2 heterocycles. The van der Waals surface area contributed by atoms with Gasteiger partial charge in [-0.25, -0.2) is 0 Å². The van der Waals surface area contributed by atoms with Crippen LogP contribution in [0.25, 0.3) is 0 Å². The number of amides is 1. The molecule has 2 unspecified atom stereocenters. The van der Waals surface area contributed by atoms with Gasteiger partial charge in [-0.1, -0.05) is 20.8 Å². The minimum Gasteiger partial charge on any atom is -0.353 e. The zero-order chi connectivity index (χ0) is 13.3. The van der Waals surface area contributed by atoms with E-state index in [1.54, 1.807) is 0 Å². The number of hydrogen-bond donors (Lipinski definition) is 1. The van der Waals surface area contributed by atoms with Gasteiger partial charge in [0.15, 0.2) is 0 Å². The number of aromatic nitrogens is 2. The van der Waals surface area contributed by atoms with Gasteiger partial charge in [-0.05, 0) is 24.3 Å². The van der Waals surface area contributed by atoms with E-state index in [4.69, 9.17) is 0 Å². The molecule has 1 saturated heterocycles. The SMILES string of the molecule is CCc1nn(C)cc1C1CC(=O)NC1CC(C)C. The standard InChI is InChI=1S/C14H23N3O/c1-5-12-11(8-17(4)16-12)10-7-14(18)15-13(10)6-9(2)3/h8-10,13H,5-7H2,1-4H3,(H,15,18). The van der Waals surface area contributed by atoms with Gasteiger partial charge in [0.05, 0.1) is 5.69 Å². The Morgan fingerprint density at radius 1 is 1.56 bits per heavy atom. The highest BCUT2D eigenvalue weighted by Gasteiger charge is 2.35. The number of carbonyl (C=O) groups is 1. The third kappa shape index (κ3) is 2.57. The Hall–Kier alpha value is -1.32. The number of carbonyl (C=O) groups excluding carboxylic acids is 1. The summed E-state index contributed by atoms with van der Waals surface area (Å²) in [5.74, 6) is 1.07. The maximum absolute atomic E-state index is 11.7. The summed E-state index contributed by atoms with van der Waals surface area (Å²) in [5.41, 5.74) is 2.39. The summed E-state index contributed by atoms with van der Waals surface area (Å²) in [7, 11) is 1.95. The first-order valence-electron chi connectivity index (χ1n) is 6.83. The van der Waals surface area contributed by atoms with Crippen molar-refractivity contribution in [2.75, 3.05) is 0 Å². The van der Waals surface area contributed by atoms with Crippen molar-refractivity contribution in [3.8, 4) is 0 Å². The Morgan fingerprint density at radius 3 is 2.89 bits per heavy atom. The van der Waals surface area contributed by atoms with Crippen LogP contribution < -0.4 is 5.32 Å². The summed E-state index contributed by atoms with van der Waals surface area (Å²) in [4.78, 5) is 11.7. The molecule has 1 N–H and O–H groups in total. The van der Waals surface area contributed by atoms with E-state index in [0.29, 0.717) is 18.3 Å². The Morgan fingerprint density at radius 2 is 2.28 bits per heavy atom. The van der Waals surface area contributed by atoms with Gasteiger partial charge < -0.3 is 5.32 Å². The molecule has 1 aromatic rings. The zero-order valence-corrected chi connectivity index (χ0v) is 11.7. The normalized spacial score (nSPS) is 23.7.